The first-order valence-electron chi connectivity index (χ1n) is 7.92. The van der Waals surface area contributed by atoms with Crippen LogP contribution in [0.25, 0.3) is 0 Å². The van der Waals surface area contributed by atoms with Crippen molar-refractivity contribution >= 4 is 6.03 Å². The van der Waals surface area contributed by atoms with Gasteiger partial charge in [-0.05, 0) is 38.5 Å². The maximum absolute atomic E-state index is 11.9. The molecule has 0 bridgehead atoms. The summed E-state index contributed by atoms with van der Waals surface area (Å²) in [5.74, 6) is 0.456. The third-order valence-electron chi connectivity index (χ3n) is 4.73. The van der Waals surface area contributed by atoms with E-state index >= 15 is 0 Å². The highest BCUT2D eigenvalue weighted by Gasteiger charge is 2.37. The average Bonchev–Trinajstić information content (AvgIpc) is 2.42. The van der Waals surface area contributed by atoms with E-state index in [1.807, 2.05) is 6.92 Å². The second kappa shape index (κ2) is 6.76. The molecule has 1 unspecified atom stereocenters. The van der Waals surface area contributed by atoms with Gasteiger partial charge in [-0.3, -0.25) is 0 Å². The van der Waals surface area contributed by atoms with Crippen molar-refractivity contribution in [1.29, 1.82) is 0 Å². The van der Waals surface area contributed by atoms with E-state index in [0.29, 0.717) is 5.92 Å². The standard InChI is InChI=1S/C15H29N3O2/c1-11(2)12(3)17-14(19)18-13-4-6-15(7-5-13)10-16-8-9-20-15/h11-13,16H,4-10H2,1-3H3,(H2,17,18,19). The first-order chi connectivity index (χ1) is 9.51. The summed E-state index contributed by atoms with van der Waals surface area (Å²) in [5, 5.41) is 9.52. The normalized spacial score (nSPS) is 32.1. The fraction of sp³-hybridized carbons (Fsp3) is 0.933. The largest absolute Gasteiger partial charge is 0.372 e. The summed E-state index contributed by atoms with van der Waals surface area (Å²) in [7, 11) is 0. The minimum Gasteiger partial charge on any atom is -0.372 e. The fourth-order valence-corrected chi connectivity index (χ4v) is 2.92. The highest BCUT2D eigenvalue weighted by molar-refractivity contribution is 5.74. The maximum Gasteiger partial charge on any atom is 0.315 e. The maximum atomic E-state index is 11.9. The number of rotatable bonds is 3. The van der Waals surface area contributed by atoms with Gasteiger partial charge in [-0.1, -0.05) is 13.8 Å². The number of hydrogen-bond acceptors (Lipinski definition) is 3. The number of amides is 2. The van der Waals surface area contributed by atoms with Crippen molar-refractivity contribution in [2.45, 2.75) is 64.1 Å². The highest BCUT2D eigenvalue weighted by Crippen LogP contribution is 2.32. The molecule has 2 amide bonds. The molecule has 3 N–H and O–H groups in total. The van der Waals surface area contributed by atoms with Crippen LogP contribution in [0.3, 0.4) is 0 Å². The van der Waals surface area contributed by atoms with E-state index in [-0.39, 0.29) is 23.7 Å². The number of hydrogen-bond donors (Lipinski definition) is 3. The van der Waals surface area contributed by atoms with Crippen LogP contribution in [-0.4, -0.2) is 43.4 Å². The third kappa shape index (κ3) is 4.09. The molecule has 1 heterocycles. The molecule has 1 saturated heterocycles. The van der Waals surface area contributed by atoms with Crippen molar-refractivity contribution in [1.82, 2.24) is 16.0 Å². The van der Waals surface area contributed by atoms with Gasteiger partial charge in [0.1, 0.15) is 0 Å². The van der Waals surface area contributed by atoms with Gasteiger partial charge < -0.3 is 20.7 Å². The van der Waals surface area contributed by atoms with Gasteiger partial charge in [-0.25, -0.2) is 4.79 Å². The van der Waals surface area contributed by atoms with Crippen LogP contribution in [-0.2, 0) is 4.74 Å². The lowest BCUT2D eigenvalue weighted by atomic mass is 9.81. The van der Waals surface area contributed by atoms with Gasteiger partial charge in [0.05, 0.1) is 12.2 Å². The zero-order chi connectivity index (χ0) is 14.6. The van der Waals surface area contributed by atoms with Crippen LogP contribution < -0.4 is 16.0 Å². The molecule has 1 aliphatic heterocycles. The van der Waals surface area contributed by atoms with Crippen molar-refractivity contribution in [3.8, 4) is 0 Å². The summed E-state index contributed by atoms with van der Waals surface area (Å²) < 4.78 is 5.96. The number of carbonyl (C=O) groups is 1. The Kier molecular flexibility index (Phi) is 5.27. The third-order valence-corrected chi connectivity index (χ3v) is 4.73. The van der Waals surface area contributed by atoms with E-state index in [4.69, 9.17) is 4.74 Å². The van der Waals surface area contributed by atoms with Crippen LogP contribution in [0, 0.1) is 5.92 Å². The molecular weight excluding hydrogens is 254 g/mol. The lowest BCUT2D eigenvalue weighted by molar-refractivity contribution is -0.0907. The monoisotopic (exact) mass is 283 g/mol. The van der Waals surface area contributed by atoms with Gasteiger partial charge in [-0.2, -0.15) is 0 Å². The molecule has 20 heavy (non-hydrogen) atoms. The van der Waals surface area contributed by atoms with E-state index in [0.717, 1.165) is 45.4 Å². The SMILES string of the molecule is CC(C)C(C)NC(=O)NC1CCC2(CC1)CNCCO2. The summed E-state index contributed by atoms with van der Waals surface area (Å²) in [6.45, 7) is 8.99. The summed E-state index contributed by atoms with van der Waals surface area (Å²) in [5.41, 5.74) is 0.0259. The first-order valence-corrected chi connectivity index (χ1v) is 7.92. The van der Waals surface area contributed by atoms with Gasteiger partial charge in [0.15, 0.2) is 0 Å². The Bertz CT molecular complexity index is 317. The molecule has 1 atom stereocenters. The second-order valence-electron chi connectivity index (χ2n) is 6.63. The molecule has 2 aliphatic rings. The molecule has 2 rings (SSSR count). The van der Waals surface area contributed by atoms with Crippen LogP contribution >= 0.6 is 0 Å². The molecule has 1 spiro atoms. The molecule has 0 radical (unpaired) electrons. The Labute approximate surface area is 122 Å². The summed E-state index contributed by atoms with van der Waals surface area (Å²) >= 11 is 0. The van der Waals surface area contributed by atoms with Gasteiger partial charge >= 0.3 is 6.03 Å². The summed E-state index contributed by atoms with van der Waals surface area (Å²) in [4.78, 5) is 11.9. The van der Waals surface area contributed by atoms with Crippen molar-refractivity contribution < 1.29 is 9.53 Å². The lowest BCUT2D eigenvalue weighted by Crippen LogP contribution is -2.55. The zero-order valence-electron chi connectivity index (χ0n) is 13.0. The Morgan fingerprint density at radius 1 is 1.30 bits per heavy atom. The lowest BCUT2D eigenvalue weighted by Gasteiger charge is -2.43. The van der Waals surface area contributed by atoms with E-state index in [9.17, 15) is 4.79 Å². The molecular formula is C15H29N3O2. The zero-order valence-corrected chi connectivity index (χ0v) is 13.0. The van der Waals surface area contributed by atoms with Crippen molar-refractivity contribution in [3.05, 3.63) is 0 Å². The predicted molar refractivity (Wildman–Crippen MR) is 79.8 cm³/mol. The number of ether oxygens (including phenoxy) is 1. The molecule has 5 heteroatoms. The predicted octanol–water partition coefficient (Wildman–Crippen LogP) is 1.63. The number of urea groups is 1. The number of carbonyl (C=O) groups excluding carboxylic acids is 1. The Hall–Kier alpha value is -0.810. The van der Waals surface area contributed by atoms with Crippen LogP contribution in [0.4, 0.5) is 4.79 Å². The van der Waals surface area contributed by atoms with Gasteiger partial charge in [-0.15, -0.1) is 0 Å². The Morgan fingerprint density at radius 3 is 2.55 bits per heavy atom. The van der Waals surface area contributed by atoms with Crippen molar-refractivity contribution in [2.75, 3.05) is 19.7 Å². The van der Waals surface area contributed by atoms with Gasteiger partial charge in [0.25, 0.3) is 0 Å². The second-order valence-corrected chi connectivity index (χ2v) is 6.63. The molecule has 1 saturated carbocycles. The van der Waals surface area contributed by atoms with Crippen molar-refractivity contribution in [2.24, 2.45) is 5.92 Å². The summed E-state index contributed by atoms with van der Waals surface area (Å²) in [6.07, 6.45) is 4.08. The first kappa shape index (κ1) is 15.6. The van der Waals surface area contributed by atoms with Crippen LogP contribution in [0.2, 0.25) is 0 Å². The van der Waals surface area contributed by atoms with E-state index in [1.165, 1.54) is 0 Å². The van der Waals surface area contributed by atoms with Crippen LogP contribution in [0.1, 0.15) is 46.5 Å². The molecule has 2 fully saturated rings. The fourth-order valence-electron chi connectivity index (χ4n) is 2.92. The smallest absolute Gasteiger partial charge is 0.315 e. The molecule has 1 aliphatic carbocycles. The van der Waals surface area contributed by atoms with E-state index < -0.39 is 0 Å². The van der Waals surface area contributed by atoms with Gasteiger partial charge in [0.2, 0.25) is 0 Å². The van der Waals surface area contributed by atoms with Crippen LogP contribution in [0.5, 0.6) is 0 Å². The quantitative estimate of drug-likeness (QED) is 0.738. The molecule has 5 nitrogen and oxygen atoms in total. The topological polar surface area (TPSA) is 62.4 Å². The summed E-state index contributed by atoms with van der Waals surface area (Å²) in [6, 6.07) is 0.455. The van der Waals surface area contributed by atoms with Crippen LogP contribution in [0.15, 0.2) is 0 Å². The number of nitrogens with one attached hydrogen (secondary N) is 3. The molecule has 116 valence electrons. The van der Waals surface area contributed by atoms with Crippen molar-refractivity contribution in [3.63, 3.8) is 0 Å². The number of morpholine rings is 1. The van der Waals surface area contributed by atoms with E-state index in [1.54, 1.807) is 0 Å². The minimum absolute atomic E-state index is 0.0259. The highest BCUT2D eigenvalue weighted by atomic mass is 16.5. The Morgan fingerprint density at radius 2 is 2.00 bits per heavy atom. The minimum atomic E-state index is -0.0326. The molecule has 0 aromatic rings. The van der Waals surface area contributed by atoms with E-state index in [2.05, 4.69) is 29.8 Å². The Balaban J connectivity index is 1.72. The average molecular weight is 283 g/mol. The molecule has 0 aromatic heterocycles. The molecule has 0 aromatic carbocycles. The van der Waals surface area contributed by atoms with Gasteiger partial charge in [0, 0.05) is 25.2 Å².